The molecular formula is C13H21N3O3S3. The van der Waals surface area contributed by atoms with E-state index >= 15 is 0 Å². The second kappa shape index (κ2) is 8.30. The molecule has 1 amide bonds. The molecule has 1 fully saturated rings. The normalized spacial score (nSPS) is 16.6. The van der Waals surface area contributed by atoms with E-state index in [4.69, 9.17) is 0 Å². The molecule has 0 aromatic carbocycles. The third kappa shape index (κ3) is 4.23. The third-order valence-electron chi connectivity index (χ3n) is 3.31. The first-order valence-electron chi connectivity index (χ1n) is 7.15. The summed E-state index contributed by atoms with van der Waals surface area (Å²) in [6.45, 7) is 2.34. The van der Waals surface area contributed by atoms with Crippen LogP contribution in [0.1, 0.15) is 16.1 Å². The van der Waals surface area contributed by atoms with Crippen molar-refractivity contribution in [3.63, 3.8) is 0 Å². The van der Waals surface area contributed by atoms with Gasteiger partial charge in [0.2, 0.25) is 10.0 Å². The molecule has 124 valence electrons. The first kappa shape index (κ1) is 17.7. The number of rotatable bonds is 7. The lowest BCUT2D eigenvalue weighted by Crippen LogP contribution is -2.38. The van der Waals surface area contributed by atoms with Crippen molar-refractivity contribution in [1.82, 2.24) is 14.9 Å². The van der Waals surface area contributed by atoms with Crippen molar-refractivity contribution in [3.05, 3.63) is 16.3 Å². The molecule has 1 aromatic rings. The molecule has 2 rings (SSSR count). The summed E-state index contributed by atoms with van der Waals surface area (Å²) >= 11 is 2.92. The van der Waals surface area contributed by atoms with Gasteiger partial charge in [-0.2, -0.15) is 16.1 Å². The molecule has 2 heterocycles. The van der Waals surface area contributed by atoms with Gasteiger partial charge in [-0.05, 0) is 31.5 Å². The molecule has 22 heavy (non-hydrogen) atoms. The van der Waals surface area contributed by atoms with Gasteiger partial charge in [0.05, 0.1) is 0 Å². The van der Waals surface area contributed by atoms with Gasteiger partial charge in [-0.25, -0.2) is 8.42 Å². The lowest BCUT2D eigenvalue weighted by molar-refractivity contribution is 0.0954. The van der Waals surface area contributed by atoms with Crippen molar-refractivity contribution in [2.24, 2.45) is 0 Å². The molecule has 0 saturated carbocycles. The number of carbonyl (C=O) groups excluding carboxylic acids is 1. The van der Waals surface area contributed by atoms with Crippen molar-refractivity contribution >= 4 is 39.0 Å². The summed E-state index contributed by atoms with van der Waals surface area (Å²) in [5.74, 6) is 1.29. The highest BCUT2D eigenvalue weighted by Gasteiger charge is 2.30. The molecule has 0 unspecified atom stereocenters. The van der Waals surface area contributed by atoms with E-state index in [0.717, 1.165) is 24.5 Å². The summed E-state index contributed by atoms with van der Waals surface area (Å²) in [6.07, 6.45) is 0.805. The van der Waals surface area contributed by atoms with Gasteiger partial charge in [0.15, 0.2) is 0 Å². The molecule has 9 heteroatoms. The molecule has 0 bridgehead atoms. The van der Waals surface area contributed by atoms with Crippen molar-refractivity contribution in [2.75, 3.05) is 44.7 Å². The van der Waals surface area contributed by atoms with Crippen LogP contribution in [0.4, 0.5) is 0 Å². The van der Waals surface area contributed by atoms with Crippen LogP contribution >= 0.6 is 23.1 Å². The first-order valence-corrected chi connectivity index (χ1v) is 10.6. The summed E-state index contributed by atoms with van der Waals surface area (Å²) in [4.78, 5) is 12.6. The van der Waals surface area contributed by atoms with Gasteiger partial charge in [-0.15, -0.1) is 11.3 Å². The van der Waals surface area contributed by atoms with Gasteiger partial charge in [-0.1, -0.05) is 0 Å². The minimum absolute atomic E-state index is 0.135. The Morgan fingerprint density at radius 2 is 2.05 bits per heavy atom. The molecule has 0 aliphatic carbocycles. The summed E-state index contributed by atoms with van der Waals surface area (Å²) in [5, 5.41) is 7.44. The molecule has 6 nitrogen and oxygen atoms in total. The quantitative estimate of drug-likeness (QED) is 0.702. The Morgan fingerprint density at radius 1 is 1.32 bits per heavy atom. The van der Waals surface area contributed by atoms with E-state index in [9.17, 15) is 13.2 Å². The number of carbonyl (C=O) groups is 1. The predicted octanol–water partition coefficient (Wildman–Crippen LogP) is 0.825. The van der Waals surface area contributed by atoms with Crippen molar-refractivity contribution in [1.29, 1.82) is 0 Å². The molecule has 1 saturated heterocycles. The van der Waals surface area contributed by atoms with Crippen LogP contribution in [-0.4, -0.2) is 63.4 Å². The van der Waals surface area contributed by atoms with Crippen molar-refractivity contribution in [2.45, 2.75) is 11.3 Å². The van der Waals surface area contributed by atoms with Crippen LogP contribution < -0.4 is 10.6 Å². The van der Waals surface area contributed by atoms with Crippen LogP contribution in [0, 0.1) is 0 Å². The number of hydrogen-bond donors (Lipinski definition) is 2. The van der Waals surface area contributed by atoms with Crippen LogP contribution in [0.15, 0.2) is 16.3 Å². The monoisotopic (exact) mass is 363 g/mol. The number of nitrogens with one attached hydrogen (secondary N) is 2. The van der Waals surface area contributed by atoms with Gasteiger partial charge in [0, 0.05) is 31.1 Å². The number of hydrogen-bond acceptors (Lipinski definition) is 6. The third-order valence-corrected chi connectivity index (χ3v) is 7.24. The molecule has 1 aliphatic heterocycles. The van der Waals surface area contributed by atoms with E-state index in [0.29, 0.717) is 19.6 Å². The highest BCUT2D eigenvalue weighted by atomic mass is 32.2. The minimum Gasteiger partial charge on any atom is -0.351 e. The standard InChI is InChI=1S/C13H21N3O3S3/c1-14-4-2-5-15-13(17)12-11(3-8-21-12)22(18,19)16-6-9-20-10-7-16/h3,8,14H,2,4-7,9-10H2,1H3,(H,15,17). The van der Waals surface area contributed by atoms with E-state index in [1.165, 1.54) is 21.7 Å². The van der Waals surface area contributed by atoms with Gasteiger partial charge in [-0.3, -0.25) is 4.79 Å². The summed E-state index contributed by atoms with van der Waals surface area (Å²) in [6, 6.07) is 1.53. The number of nitrogens with zero attached hydrogens (tertiary/aromatic N) is 1. The molecule has 0 spiro atoms. The Kier molecular flexibility index (Phi) is 6.69. The Morgan fingerprint density at radius 3 is 2.73 bits per heavy atom. The van der Waals surface area contributed by atoms with E-state index < -0.39 is 10.0 Å². The topological polar surface area (TPSA) is 78.5 Å². The Hall–Kier alpha value is -0.610. The molecular weight excluding hydrogens is 342 g/mol. The number of amides is 1. The maximum absolute atomic E-state index is 12.7. The zero-order valence-corrected chi connectivity index (χ0v) is 15.0. The molecule has 1 aromatic heterocycles. The first-order chi connectivity index (χ1) is 10.6. The van der Waals surface area contributed by atoms with Crippen molar-refractivity contribution in [3.8, 4) is 0 Å². The summed E-state index contributed by atoms with van der Waals surface area (Å²) < 4.78 is 26.8. The Bertz CT molecular complexity index is 595. The predicted molar refractivity (Wildman–Crippen MR) is 91.3 cm³/mol. The van der Waals surface area contributed by atoms with E-state index in [1.54, 1.807) is 17.1 Å². The number of thioether (sulfide) groups is 1. The second-order valence-electron chi connectivity index (χ2n) is 4.84. The summed E-state index contributed by atoms with van der Waals surface area (Å²) in [5.41, 5.74) is 0. The fourth-order valence-electron chi connectivity index (χ4n) is 2.14. The maximum Gasteiger partial charge on any atom is 0.262 e. The van der Waals surface area contributed by atoms with E-state index in [2.05, 4.69) is 10.6 Å². The van der Waals surface area contributed by atoms with Gasteiger partial charge < -0.3 is 10.6 Å². The number of sulfonamides is 1. The lowest BCUT2D eigenvalue weighted by atomic mass is 10.4. The largest absolute Gasteiger partial charge is 0.351 e. The molecule has 0 radical (unpaired) electrons. The zero-order valence-electron chi connectivity index (χ0n) is 12.5. The highest BCUT2D eigenvalue weighted by molar-refractivity contribution is 7.99. The molecule has 1 aliphatic rings. The maximum atomic E-state index is 12.7. The van der Waals surface area contributed by atoms with Crippen LogP contribution in [0.3, 0.4) is 0 Å². The number of thiophene rings is 1. The van der Waals surface area contributed by atoms with Crippen LogP contribution in [0.2, 0.25) is 0 Å². The molecule has 0 atom stereocenters. The Balaban J connectivity index is 2.09. The average Bonchev–Trinajstić information content (AvgIpc) is 3.03. The lowest BCUT2D eigenvalue weighted by Gasteiger charge is -2.25. The zero-order chi connectivity index (χ0) is 16.0. The second-order valence-corrected chi connectivity index (χ2v) is 8.89. The average molecular weight is 364 g/mol. The highest BCUT2D eigenvalue weighted by Crippen LogP contribution is 2.27. The van der Waals surface area contributed by atoms with E-state index in [-0.39, 0.29) is 15.7 Å². The van der Waals surface area contributed by atoms with Crippen LogP contribution in [-0.2, 0) is 10.0 Å². The SMILES string of the molecule is CNCCCNC(=O)c1sccc1S(=O)(=O)N1CCSCC1. The van der Waals surface area contributed by atoms with Crippen LogP contribution in [0.25, 0.3) is 0 Å². The summed E-state index contributed by atoms with van der Waals surface area (Å²) in [7, 11) is -1.72. The smallest absolute Gasteiger partial charge is 0.262 e. The van der Waals surface area contributed by atoms with Gasteiger partial charge in [0.1, 0.15) is 9.77 Å². The van der Waals surface area contributed by atoms with Crippen LogP contribution in [0.5, 0.6) is 0 Å². The fraction of sp³-hybridized carbons (Fsp3) is 0.615. The van der Waals surface area contributed by atoms with Crippen molar-refractivity contribution < 1.29 is 13.2 Å². The van der Waals surface area contributed by atoms with Gasteiger partial charge in [0.25, 0.3) is 5.91 Å². The Labute approximate surface area is 139 Å². The fourth-order valence-corrected chi connectivity index (χ4v) is 6.03. The molecule has 2 N–H and O–H groups in total. The van der Waals surface area contributed by atoms with E-state index in [1.807, 2.05) is 7.05 Å². The van der Waals surface area contributed by atoms with Gasteiger partial charge >= 0.3 is 0 Å². The minimum atomic E-state index is -3.57.